The number of hydrogen-bond acceptors (Lipinski definition) is 4. The minimum Gasteiger partial charge on any atom is -0.478 e. The second-order valence-corrected chi connectivity index (χ2v) is 3.92. The van der Waals surface area contributed by atoms with Crippen molar-refractivity contribution in [3.05, 3.63) is 23.4 Å². The van der Waals surface area contributed by atoms with Gasteiger partial charge in [0.2, 0.25) is 5.88 Å². The predicted molar refractivity (Wildman–Crippen MR) is 60.0 cm³/mol. The molecule has 0 saturated carbocycles. The first-order valence-electron chi connectivity index (χ1n) is 5.47. The molecule has 2 rings (SSSR count). The molecular weight excluding hydrogens is 202 g/mol. The molecule has 1 aromatic heterocycles. The zero-order chi connectivity index (χ0) is 11.5. The number of nitriles is 1. The van der Waals surface area contributed by atoms with E-state index in [1.807, 2.05) is 26.0 Å². The Labute approximate surface area is 95.5 Å². The molecule has 0 N–H and O–H groups in total. The van der Waals surface area contributed by atoms with Gasteiger partial charge in [-0.15, -0.1) is 0 Å². The Balaban J connectivity index is 2.11. The predicted octanol–water partition coefficient (Wildman–Crippen LogP) is 1.50. The quantitative estimate of drug-likeness (QED) is 0.717. The molecule has 4 nitrogen and oxygen atoms in total. The third-order valence-electron chi connectivity index (χ3n) is 2.60. The Morgan fingerprint density at radius 1 is 1.62 bits per heavy atom. The molecular formula is C12H15N3O. The van der Waals surface area contributed by atoms with Crippen LogP contribution in [0.1, 0.15) is 18.2 Å². The highest BCUT2D eigenvalue weighted by molar-refractivity contribution is 5.29. The van der Waals surface area contributed by atoms with Crippen molar-refractivity contribution in [1.29, 1.82) is 5.26 Å². The van der Waals surface area contributed by atoms with Crippen LogP contribution >= 0.6 is 0 Å². The summed E-state index contributed by atoms with van der Waals surface area (Å²) >= 11 is 0. The van der Waals surface area contributed by atoms with Gasteiger partial charge in [0.05, 0.1) is 12.7 Å². The van der Waals surface area contributed by atoms with Gasteiger partial charge in [-0.05, 0) is 19.9 Å². The van der Waals surface area contributed by atoms with Crippen molar-refractivity contribution in [3.8, 4) is 11.9 Å². The number of hydrogen-bond donors (Lipinski definition) is 0. The Hall–Kier alpha value is -1.60. The summed E-state index contributed by atoms with van der Waals surface area (Å²) in [5.41, 5.74) is 2.01. The summed E-state index contributed by atoms with van der Waals surface area (Å²) in [5.74, 6) is 0.700. The van der Waals surface area contributed by atoms with Crippen LogP contribution in [0.15, 0.2) is 12.1 Å². The lowest BCUT2D eigenvalue weighted by molar-refractivity contribution is 0.318. The van der Waals surface area contributed by atoms with Gasteiger partial charge in [0.25, 0.3) is 0 Å². The van der Waals surface area contributed by atoms with Crippen LogP contribution in [0.2, 0.25) is 0 Å². The highest BCUT2D eigenvalue weighted by atomic mass is 16.5. The average Bonchev–Trinajstić information content (AvgIpc) is 3.01. The average molecular weight is 217 g/mol. The van der Waals surface area contributed by atoms with Gasteiger partial charge in [0.1, 0.15) is 6.04 Å². The monoisotopic (exact) mass is 217 g/mol. The molecule has 2 unspecified atom stereocenters. The van der Waals surface area contributed by atoms with Gasteiger partial charge in [-0.25, -0.2) is 4.98 Å². The number of ether oxygens (including phenoxy) is 1. The molecule has 4 heteroatoms. The first-order chi connectivity index (χ1) is 7.74. The number of nitrogens with zero attached hydrogens (tertiary/aromatic N) is 3. The fraction of sp³-hybridized carbons (Fsp3) is 0.500. The molecule has 1 fully saturated rings. The molecule has 1 saturated heterocycles. The molecule has 0 radical (unpaired) electrons. The van der Waals surface area contributed by atoms with Crippen LogP contribution in [-0.4, -0.2) is 29.1 Å². The van der Waals surface area contributed by atoms with Crippen molar-refractivity contribution in [2.24, 2.45) is 0 Å². The highest BCUT2D eigenvalue weighted by Gasteiger charge is 2.34. The molecule has 2 heterocycles. The zero-order valence-electron chi connectivity index (χ0n) is 9.60. The van der Waals surface area contributed by atoms with Crippen LogP contribution in [0.3, 0.4) is 0 Å². The molecule has 2 atom stereocenters. The summed E-state index contributed by atoms with van der Waals surface area (Å²) in [4.78, 5) is 6.45. The molecule has 1 aromatic rings. The third kappa shape index (κ3) is 2.31. The molecule has 0 aromatic carbocycles. The van der Waals surface area contributed by atoms with Gasteiger partial charge in [-0.3, -0.25) is 4.90 Å². The normalized spacial score (nSPS) is 22.6. The van der Waals surface area contributed by atoms with E-state index in [4.69, 9.17) is 10.00 Å². The summed E-state index contributed by atoms with van der Waals surface area (Å²) in [7, 11) is 0. The van der Waals surface area contributed by atoms with Crippen LogP contribution < -0.4 is 4.74 Å². The van der Waals surface area contributed by atoms with E-state index in [-0.39, 0.29) is 6.04 Å². The molecule has 0 bridgehead atoms. The highest BCUT2D eigenvalue weighted by Crippen LogP contribution is 2.25. The van der Waals surface area contributed by atoms with Crippen LogP contribution in [-0.2, 0) is 6.54 Å². The van der Waals surface area contributed by atoms with Crippen molar-refractivity contribution in [2.45, 2.75) is 26.4 Å². The van der Waals surface area contributed by atoms with E-state index in [0.717, 1.165) is 24.3 Å². The van der Waals surface area contributed by atoms with Gasteiger partial charge in [-0.1, -0.05) is 6.07 Å². The number of rotatable bonds is 4. The number of aryl methyl sites for hydroxylation is 1. The van der Waals surface area contributed by atoms with E-state index < -0.39 is 0 Å². The standard InChI is InChI=1S/C12H15N3O/c1-3-16-12-10(5-4-9(2)14-12)7-15-8-11(15)6-13/h4-5,11H,3,7-8H2,1-2H3. The first kappa shape index (κ1) is 10.9. The Morgan fingerprint density at radius 2 is 2.44 bits per heavy atom. The van der Waals surface area contributed by atoms with Gasteiger partial charge in [0.15, 0.2) is 0 Å². The van der Waals surface area contributed by atoms with E-state index in [0.29, 0.717) is 12.5 Å². The zero-order valence-corrected chi connectivity index (χ0v) is 9.60. The molecule has 0 aliphatic carbocycles. The number of aromatic nitrogens is 1. The minimum atomic E-state index is 0.0794. The van der Waals surface area contributed by atoms with Gasteiger partial charge < -0.3 is 4.74 Å². The van der Waals surface area contributed by atoms with E-state index in [9.17, 15) is 0 Å². The lowest BCUT2D eigenvalue weighted by atomic mass is 10.2. The second-order valence-electron chi connectivity index (χ2n) is 3.92. The first-order valence-corrected chi connectivity index (χ1v) is 5.47. The second kappa shape index (κ2) is 4.50. The topological polar surface area (TPSA) is 48.9 Å². The van der Waals surface area contributed by atoms with Crippen molar-refractivity contribution >= 4 is 0 Å². The van der Waals surface area contributed by atoms with E-state index in [1.54, 1.807) is 0 Å². The maximum absolute atomic E-state index is 8.73. The minimum absolute atomic E-state index is 0.0794. The summed E-state index contributed by atoms with van der Waals surface area (Å²) in [6.45, 7) is 6.12. The maximum atomic E-state index is 8.73. The smallest absolute Gasteiger partial charge is 0.218 e. The summed E-state index contributed by atoms with van der Waals surface area (Å²) < 4.78 is 5.49. The van der Waals surface area contributed by atoms with Crippen molar-refractivity contribution in [3.63, 3.8) is 0 Å². The van der Waals surface area contributed by atoms with Crippen LogP contribution in [0.25, 0.3) is 0 Å². The number of pyridine rings is 1. The van der Waals surface area contributed by atoms with Gasteiger partial charge in [-0.2, -0.15) is 5.26 Å². The summed E-state index contributed by atoms with van der Waals surface area (Å²) in [6.07, 6.45) is 0. The molecule has 84 valence electrons. The van der Waals surface area contributed by atoms with Gasteiger partial charge in [0, 0.05) is 24.3 Å². The summed E-state index contributed by atoms with van der Waals surface area (Å²) in [5, 5.41) is 8.73. The lowest BCUT2D eigenvalue weighted by Gasteiger charge is -2.10. The molecule has 0 amide bonds. The fourth-order valence-corrected chi connectivity index (χ4v) is 1.63. The van der Waals surface area contributed by atoms with Crippen molar-refractivity contribution in [2.75, 3.05) is 13.2 Å². The van der Waals surface area contributed by atoms with Crippen LogP contribution in [0.4, 0.5) is 0 Å². The van der Waals surface area contributed by atoms with Gasteiger partial charge >= 0.3 is 0 Å². The molecule has 0 spiro atoms. The fourth-order valence-electron chi connectivity index (χ4n) is 1.63. The molecule has 1 aliphatic rings. The van der Waals surface area contributed by atoms with E-state index in [2.05, 4.69) is 16.0 Å². The van der Waals surface area contributed by atoms with Crippen LogP contribution in [0.5, 0.6) is 5.88 Å². The third-order valence-corrected chi connectivity index (χ3v) is 2.60. The van der Waals surface area contributed by atoms with Crippen molar-refractivity contribution in [1.82, 2.24) is 9.88 Å². The maximum Gasteiger partial charge on any atom is 0.218 e. The Kier molecular flexibility index (Phi) is 3.07. The van der Waals surface area contributed by atoms with E-state index in [1.165, 1.54) is 0 Å². The Bertz CT molecular complexity index is 425. The molecule has 16 heavy (non-hydrogen) atoms. The van der Waals surface area contributed by atoms with Crippen molar-refractivity contribution < 1.29 is 4.74 Å². The largest absolute Gasteiger partial charge is 0.478 e. The Morgan fingerprint density at radius 3 is 3.06 bits per heavy atom. The molecule has 1 aliphatic heterocycles. The SMILES string of the molecule is CCOc1nc(C)ccc1CN1CC1C#N. The summed E-state index contributed by atoms with van der Waals surface area (Å²) in [6, 6.07) is 6.32. The lowest BCUT2D eigenvalue weighted by Crippen LogP contribution is -2.06. The van der Waals surface area contributed by atoms with E-state index >= 15 is 0 Å². The van der Waals surface area contributed by atoms with Crippen LogP contribution in [0, 0.1) is 18.3 Å².